The lowest BCUT2D eigenvalue weighted by Gasteiger charge is -2.21. The first-order chi connectivity index (χ1) is 9.58. The lowest BCUT2D eigenvalue weighted by molar-refractivity contribution is -0.137. The van der Waals surface area contributed by atoms with E-state index in [1.165, 1.54) is 0 Å². The molecular weight excluding hydrogens is 280 g/mol. The molecule has 20 heavy (non-hydrogen) atoms. The number of hydrogen-bond acceptors (Lipinski definition) is 5. The Kier molecular flexibility index (Phi) is 3.59. The number of fused-ring (bicyclic) bond motifs is 1. The van der Waals surface area contributed by atoms with Crippen LogP contribution in [-0.4, -0.2) is 58.4 Å². The smallest absolute Gasteiger partial charge is 0.246 e. The van der Waals surface area contributed by atoms with Crippen molar-refractivity contribution in [1.29, 1.82) is 0 Å². The van der Waals surface area contributed by atoms with Crippen molar-refractivity contribution < 1.29 is 14.4 Å². The second-order valence-electron chi connectivity index (χ2n) is 5.40. The van der Waals surface area contributed by atoms with Crippen LogP contribution in [0.25, 0.3) is 0 Å². The van der Waals surface area contributed by atoms with Gasteiger partial charge in [-0.15, -0.1) is 11.8 Å². The zero-order chi connectivity index (χ0) is 14.3. The van der Waals surface area contributed by atoms with Gasteiger partial charge < -0.3 is 21.3 Å². The minimum atomic E-state index is -0.538. The summed E-state index contributed by atoms with van der Waals surface area (Å²) in [6.45, 7) is 0.838. The molecule has 7 nitrogen and oxygen atoms in total. The van der Waals surface area contributed by atoms with Crippen LogP contribution in [0.15, 0.2) is 0 Å². The van der Waals surface area contributed by atoms with Crippen LogP contribution < -0.4 is 16.4 Å². The van der Waals surface area contributed by atoms with E-state index in [1.54, 1.807) is 16.7 Å². The SMILES string of the molecule is NC(=O)[C@H]1CS[C@@H]2C[C@@H](NC(=O)[C@@H]3CCCN3)C(=O)N12. The van der Waals surface area contributed by atoms with Crippen LogP contribution in [0.3, 0.4) is 0 Å². The van der Waals surface area contributed by atoms with Crippen LogP contribution in [0.4, 0.5) is 0 Å². The monoisotopic (exact) mass is 298 g/mol. The first-order valence-electron chi connectivity index (χ1n) is 6.85. The molecule has 4 atom stereocenters. The molecule has 3 fully saturated rings. The minimum absolute atomic E-state index is 0.0400. The number of nitrogens with one attached hydrogen (secondary N) is 2. The van der Waals surface area contributed by atoms with Gasteiger partial charge in [0.05, 0.1) is 11.4 Å². The van der Waals surface area contributed by atoms with Gasteiger partial charge in [-0.05, 0) is 19.4 Å². The molecule has 3 amide bonds. The Hall–Kier alpha value is -1.28. The highest BCUT2D eigenvalue weighted by Crippen LogP contribution is 2.37. The number of rotatable bonds is 3. The van der Waals surface area contributed by atoms with Crippen LogP contribution in [0.2, 0.25) is 0 Å². The van der Waals surface area contributed by atoms with Crippen molar-refractivity contribution in [2.75, 3.05) is 12.3 Å². The van der Waals surface area contributed by atoms with E-state index >= 15 is 0 Å². The molecular formula is C12H18N4O3S. The molecule has 0 aromatic heterocycles. The van der Waals surface area contributed by atoms with Crippen molar-refractivity contribution in [2.45, 2.75) is 42.8 Å². The summed E-state index contributed by atoms with van der Waals surface area (Å²) in [7, 11) is 0. The van der Waals surface area contributed by atoms with Crippen LogP contribution in [0, 0.1) is 0 Å². The van der Waals surface area contributed by atoms with E-state index in [1.807, 2.05) is 0 Å². The molecule has 0 bridgehead atoms. The van der Waals surface area contributed by atoms with E-state index in [2.05, 4.69) is 10.6 Å². The number of nitrogens with zero attached hydrogens (tertiary/aromatic N) is 1. The van der Waals surface area contributed by atoms with Gasteiger partial charge in [0.2, 0.25) is 17.7 Å². The Balaban J connectivity index is 1.64. The van der Waals surface area contributed by atoms with Gasteiger partial charge in [-0.2, -0.15) is 0 Å². The maximum atomic E-state index is 12.3. The Morgan fingerprint density at radius 1 is 1.45 bits per heavy atom. The fraction of sp³-hybridized carbons (Fsp3) is 0.750. The number of amides is 3. The molecule has 0 spiro atoms. The van der Waals surface area contributed by atoms with E-state index in [0.717, 1.165) is 19.4 Å². The Morgan fingerprint density at radius 2 is 2.25 bits per heavy atom. The number of carbonyl (C=O) groups is 3. The highest BCUT2D eigenvalue weighted by Gasteiger charge is 2.50. The zero-order valence-electron chi connectivity index (χ0n) is 11.0. The normalized spacial score (nSPS) is 36.2. The number of carbonyl (C=O) groups excluding carboxylic acids is 3. The van der Waals surface area contributed by atoms with Gasteiger partial charge in [-0.25, -0.2) is 0 Å². The molecule has 4 N–H and O–H groups in total. The van der Waals surface area contributed by atoms with E-state index in [0.29, 0.717) is 12.2 Å². The average molecular weight is 298 g/mol. The Morgan fingerprint density at radius 3 is 2.90 bits per heavy atom. The van der Waals surface area contributed by atoms with Crippen molar-refractivity contribution in [3.05, 3.63) is 0 Å². The largest absolute Gasteiger partial charge is 0.368 e. The van der Waals surface area contributed by atoms with Crippen molar-refractivity contribution in [3.8, 4) is 0 Å². The summed E-state index contributed by atoms with van der Waals surface area (Å²) in [4.78, 5) is 37.2. The third-order valence-corrected chi connectivity index (χ3v) is 5.42. The summed E-state index contributed by atoms with van der Waals surface area (Å²) in [5, 5.41) is 5.87. The summed E-state index contributed by atoms with van der Waals surface area (Å²) < 4.78 is 0. The van der Waals surface area contributed by atoms with Gasteiger partial charge >= 0.3 is 0 Å². The van der Waals surface area contributed by atoms with Gasteiger partial charge in [0, 0.05) is 12.2 Å². The second kappa shape index (κ2) is 5.25. The van der Waals surface area contributed by atoms with Crippen LogP contribution in [-0.2, 0) is 14.4 Å². The first kappa shape index (κ1) is 13.7. The lowest BCUT2D eigenvalue weighted by atomic mass is 10.2. The number of hydrogen-bond donors (Lipinski definition) is 3. The standard InChI is InChI=1S/C12H18N4O3S/c13-10(17)8-5-20-9-4-7(12(19)16(8)9)15-11(18)6-2-1-3-14-6/h6-9,14H,1-5H2,(H2,13,17)(H,15,18)/t6-,7+,8+,9+/m0/s1. The summed E-state index contributed by atoms with van der Waals surface area (Å²) >= 11 is 1.55. The molecule has 8 heteroatoms. The third-order valence-electron chi connectivity index (χ3n) is 4.10. The van der Waals surface area contributed by atoms with E-state index in [-0.39, 0.29) is 23.2 Å². The van der Waals surface area contributed by atoms with Crippen molar-refractivity contribution >= 4 is 29.5 Å². The molecule has 0 saturated carbocycles. The number of primary amides is 1. The third kappa shape index (κ3) is 2.26. The lowest BCUT2D eigenvalue weighted by Crippen LogP contribution is -2.51. The Bertz CT molecular complexity index is 452. The number of nitrogens with two attached hydrogens (primary N) is 1. The zero-order valence-corrected chi connectivity index (χ0v) is 11.8. The van der Waals surface area contributed by atoms with Gasteiger partial charge in [0.1, 0.15) is 12.1 Å². The first-order valence-corrected chi connectivity index (χ1v) is 7.89. The summed E-state index contributed by atoms with van der Waals surface area (Å²) in [6.07, 6.45) is 2.33. The summed E-state index contributed by atoms with van der Waals surface area (Å²) in [5.41, 5.74) is 5.32. The molecule has 0 aromatic carbocycles. The van der Waals surface area contributed by atoms with E-state index < -0.39 is 18.0 Å². The topological polar surface area (TPSA) is 105 Å². The highest BCUT2D eigenvalue weighted by atomic mass is 32.2. The molecule has 0 aromatic rings. The predicted octanol–water partition coefficient (Wildman–Crippen LogP) is -1.62. The molecule has 110 valence electrons. The van der Waals surface area contributed by atoms with Gasteiger partial charge in [-0.3, -0.25) is 14.4 Å². The molecule has 3 heterocycles. The minimum Gasteiger partial charge on any atom is -0.368 e. The highest BCUT2D eigenvalue weighted by molar-refractivity contribution is 8.00. The van der Waals surface area contributed by atoms with Gasteiger partial charge in [0.25, 0.3) is 0 Å². The molecule has 3 rings (SSSR count). The Labute approximate surface area is 121 Å². The summed E-state index contributed by atoms with van der Waals surface area (Å²) in [6, 6.07) is -1.26. The van der Waals surface area contributed by atoms with Crippen LogP contribution in [0.1, 0.15) is 19.3 Å². The fourth-order valence-corrected chi connectivity index (χ4v) is 4.51. The average Bonchev–Trinajstić information content (AvgIpc) is 3.09. The maximum Gasteiger partial charge on any atom is 0.246 e. The van der Waals surface area contributed by atoms with E-state index in [4.69, 9.17) is 5.73 Å². The van der Waals surface area contributed by atoms with Crippen molar-refractivity contribution in [2.24, 2.45) is 5.73 Å². The predicted molar refractivity (Wildman–Crippen MR) is 73.6 cm³/mol. The summed E-state index contributed by atoms with van der Waals surface area (Å²) in [5.74, 6) is -0.230. The molecule has 0 unspecified atom stereocenters. The van der Waals surface area contributed by atoms with Crippen molar-refractivity contribution in [3.63, 3.8) is 0 Å². The van der Waals surface area contributed by atoms with Gasteiger partial charge in [-0.1, -0.05) is 0 Å². The molecule has 3 saturated heterocycles. The van der Waals surface area contributed by atoms with E-state index in [9.17, 15) is 14.4 Å². The molecule has 0 aliphatic carbocycles. The second-order valence-corrected chi connectivity index (χ2v) is 6.61. The molecule has 3 aliphatic heterocycles. The van der Waals surface area contributed by atoms with Crippen LogP contribution in [0.5, 0.6) is 0 Å². The fourth-order valence-electron chi connectivity index (χ4n) is 3.04. The quantitative estimate of drug-likeness (QED) is 0.581. The molecule has 3 aliphatic rings. The molecule has 0 radical (unpaired) electrons. The van der Waals surface area contributed by atoms with Crippen LogP contribution >= 0.6 is 11.8 Å². The number of thioether (sulfide) groups is 1. The van der Waals surface area contributed by atoms with Crippen molar-refractivity contribution in [1.82, 2.24) is 15.5 Å². The van der Waals surface area contributed by atoms with Gasteiger partial charge in [0.15, 0.2) is 0 Å². The maximum absolute atomic E-state index is 12.3.